The Kier molecular flexibility index (Phi) is 6.23. The van der Waals surface area contributed by atoms with Gasteiger partial charge in [-0.1, -0.05) is 48.5 Å². The predicted octanol–water partition coefficient (Wildman–Crippen LogP) is 3.69. The minimum Gasteiger partial charge on any atom is -0.496 e. The van der Waals surface area contributed by atoms with E-state index in [0.29, 0.717) is 13.1 Å². The molecule has 0 radical (unpaired) electrons. The molecule has 1 aliphatic heterocycles. The highest BCUT2D eigenvalue weighted by Crippen LogP contribution is 2.25. The van der Waals surface area contributed by atoms with Gasteiger partial charge in [-0.3, -0.25) is 4.79 Å². The molecule has 1 aromatic heterocycles. The second-order valence-corrected chi connectivity index (χ2v) is 7.44. The molecule has 0 spiro atoms. The molecule has 30 heavy (non-hydrogen) atoms. The first-order chi connectivity index (χ1) is 14.7. The number of benzene rings is 2. The van der Waals surface area contributed by atoms with E-state index in [4.69, 9.17) is 4.74 Å². The van der Waals surface area contributed by atoms with Gasteiger partial charge in [0.25, 0.3) is 0 Å². The van der Waals surface area contributed by atoms with E-state index < -0.39 is 0 Å². The Morgan fingerprint density at radius 1 is 1.13 bits per heavy atom. The Hall–Kier alpha value is -3.41. The van der Waals surface area contributed by atoms with Crippen molar-refractivity contribution in [2.45, 2.75) is 19.4 Å². The van der Waals surface area contributed by atoms with Crippen LogP contribution in [0.15, 0.2) is 67.0 Å². The molecule has 154 valence electrons. The zero-order valence-electron chi connectivity index (χ0n) is 17.1. The second kappa shape index (κ2) is 9.39. The number of ether oxygens (including phenoxy) is 1. The lowest BCUT2D eigenvalue weighted by molar-refractivity contribution is -0.125. The minimum absolute atomic E-state index is 0.0661. The van der Waals surface area contributed by atoms with Crippen LogP contribution in [0.5, 0.6) is 5.75 Å². The van der Waals surface area contributed by atoms with E-state index in [1.807, 2.05) is 60.7 Å². The van der Waals surface area contributed by atoms with Crippen LogP contribution in [0.2, 0.25) is 0 Å². The van der Waals surface area contributed by atoms with Crippen LogP contribution in [0.1, 0.15) is 18.4 Å². The number of carbonyl (C=O) groups is 1. The number of methoxy groups -OCH3 is 1. The minimum atomic E-state index is -0.0661. The summed E-state index contributed by atoms with van der Waals surface area (Å²) in [6, 6.07) is 19.8. The van der Waals surface area contributed by atoms with Gasteiger partial charge in [0.05, 0.1) is 18.7 Å². The van der Waals surface area contributed by atoms with Crippen molar-refractivity contribution in [3.8, 4) is 17.0 Å². The molecule has 1 fully saturated rings. The standard InChI is InChI=1S/C24H26N4O2/c1-30-22-12-6-5-10-19(22)15-25-24(29)20-11-7-13-28(16-20)23-14-21(26-17-27-23)18-8-3-2-4-9-18/h2-6,8-10,12,14,17,20H,7,11,13,15-16H2,1H3,(H,25,29). The van der Waals surface area contributed by atoms with Gasteiger partial charge in [-0.2, -0.15) is 0 Å². The fourth-order valence-corrected chi connectivity index (χ4v) is 3.86. The summed E-state index contributed by atoms with van der Waals surface area (Å²) >= 11 is 0. The molecule has 1 saturated heterocycles. The molecule has 2 aromatic carbocycles. The summed E-state index contributed by atoms with van der Waals surface area (Å²) in [5.74, 6) is 1.66. The number of nitrogens with one attached hydrogen (secondary N) is 1. The number of carbonyl (C=O) groups excluding carboxylic acids is 1. The van der Waals surface area contributed by atoms with Crippen molar-refractivity contribution < 1.29 is 9.53 Å². The first-order valence-electron chi connectivity index (χ1n) is 10.3. The summed E-state index contributed by atoms with van der Waals surface area (Å²) in [5, 5.41) is 3.07. The predicted molar refractivity (Wildman–Crippen MR) is 117 cm³/mol. The average Bonchev–Trinajstić information content (AvgIpc) is 2.83. The Morgan fingerprint density at radius 2 is 1.93 bits per heavy atom. The van der Waals surface area contributed by atoms with Gasteiger partial charge in [0.1, 0.15) is 17.9 Å². The summed E-state index contributed by atoms with van der Waals surface area (Å²) in [6.07, 6.45) is 3.44. The molecule has 1 unspecified atom stereocenters. The highest BCUT2D eigenvalue weighted by molar-refractivity contribution is 5.79. The van der Waals surface area contributed by atoms with Crippen LogP contribution in [-0.2, 0) is 11.3 Å². The van der Waals surface area contributed by atoms with Gasteiger partial charge in [0, 0.05) is 36.8 Å². The molecule has 3 aromatic rings. The molecule has 1 amide bonds. The van der Waals surface area contributed by atoms with Crippen LogP contribution >= 0.6 is 0 Å². The molecule has 2 heterocycles. The molecule has 6 heteroatoms. The molecule has 1 aliphatic rings. The van der Waals surface area contributed by atoms with Crippen molar-refractivity contribution in [3.05, 3.63) is 72.6 Å². The maximum absolute atomic E-state index is 12.8. The van der Waals surface area contributed by atoms with Crippen LogP contribution in [-0.4, -0.2) is 36.1 Å². The van der Waals surface area contributed by atoms with Crippen LogP contribution in [0.25, 0.3) is 11.3 Å². The molecule has 1 atom stereocenters. The third-order valence-corrected chi connectivity index (χ3v) is 5.48. The van der Waals surface area contributed by atoms with Gasteiger partial charge in [0.15, 0.2) is 0 Å². The third kappa shape index (κ3) is 4.59. The number of amides is 1. The van der Waals surface area contributed by atoms with Crippen molar-refractivity contribution in [2.24, 2.45) is 5.92 Å². The largest absolute Gasteiger partial charge is 0.496 e. The van der Waals surface area contributed by atoms with Gasteiger partial charge in [-0.05, 0) is 18.9 Å². The van der Waals surface area contributed by atoms with E-state index in [2.05, 4.69) is 20.2 Å². The number of para-hydroxylation sites is 1. The van der Waals surface area contributed by atoms with Gasteiger partial charge >= 0.3 is 0 Å². The number of hydrogen-bond acceptors (Lipinski definition) is 5. The van der Waals surface area contributed by atoms with Gasteiger partial charge in [0.2, 0.25) is 5.91 Å². The van der Waals surface area contributed by atoms with E-state index in [1.54, 1.807) is 13.4 Å². The Morgan fingerprint density at radius 3 is 2.77 bits per heavy atom. The van der Waals surface area contributed by atoms with Crippen molar-refractivity contribution in [1.29, 1.82) is 0 Å². The fourth-order valence-electron chi connectivity index (χ4n) is 3.86. The van der Waals surface area contributed by atoms with E-state index in [1.165, 1.54) is 0 Å². The maximum atomic E-state index is 12.8. The molecule has 6 nitrogen and oxygen atoms in total. The van der Waals surface area contributed by atoms with Crippen molar-refractivity contribution >= 4 is 11.7 Å². The topological polar surface area (TPSA) is 67.3 Å². The fraction of sp³-hybridized carbons (Fsp3) is 0.292. The summed E-state index contributed by atoms with van der Waals surface area (Å²) in [4.78, 5) is 23.9. The Bertz CT molecular complexity index is 993. The summed E-state index contributed by atoms with van der Waals surface area (Å²) in [6.45, 7) is 2.01. The average molecular weight is 402 g/mol. The highest BCUT2D eigenvalue weighted by Gasteiger charge is 2.26. The SMILES string of the molecule is COc1ccccc1CNC(=O)C1CCCN(c2cc(-c3ccccc3)ncn2)C1. The van der Waals surface area contributed by atoms with Crippen molar-refractivity contribution in [3.63, 3.8) is 0 Å². The smallest absolute Gasteiger partial charge is 0.225 e. The maximum Gasteiger partial charge on any atom is 0.225 e. The molecular weight excluding hydrogens is 376 g/mol. The van der Waals surface area contributed by atoms with Crippen molar-refractivity contribution in [1.82, 2.24) is 15.3 Å². The van der Waals surface area contributed by atoms with E-state index >= 15 is 0 Å². The number of nitrogens with zero attached hydrogens (tertiary/aromatic N) is 3. The lowest BCUT2D eigenvalue weighted by Crippen LogP contribution is -2.43. The monoisotopic (exact) mass is 402 g/mol. The second-order valence-electron chi connectivity index (χ2n) is 7.44. The number of aromatic nitrogens is 2. The lowest BCUT2D eigenvalue weighted by Gasteiger charge is -2.33. The number of rotatable bonds is 6. The molecule has 0 saturated carbocycles. The highest BCUT2D eigenvalue weighted by atomic mass is 16.5. The Balaban J connectivity index is 1.41. The third-order valence-electron chi connectivity index (χ3n) is 5.48. The Labute approximate surface area is 176 Å². The van der Waals surface area contributed by atoms with E-state index in [9.17, 15) is 4.79 Å². The molecule has 0 bridgehead atoms. The normalized spacial score (nSPS) is 16.2. The van der Waals surface area contributed by atoms with Gasteiger partial charge < -0.3 is 15.0 Å². The van der Waals surface area contributed by atoms with Crippen LogP contribution < -0.4 is 15.0 Å². The zero-order valence-corrected chi connectivity index (χ0v) is 17.1. The number of anilines is 1. The zero-order chi connectivity index (χ0) is 20.8. The van der Waals surface area contributed by atoms with E-state index in [-0.39, 0.29) is 11.8 Å². The molecule has 0 aliphatic carbocycles. The first kappa shape index (κ1) is 19.9. The number of piperidine rings is 1. The van der Waals surface area contributed by atoms with Crippen LogP contribution in [0.4, 0.5) is 5.82 Å². The lowest BCUT2D eigenvalue weighted by atomic mass is 9.97. The number of hydrogen-bond donors (Lipinski definition) is 1. The molecule has 4 rings (SSSR count). The summed E-state index contributed by atoms with van der Waals surface area (Å²) < 4.78 is 5.37. The van der Waals surface area contributed by atoms with Crippen molar-refractivity contribution in [2.75, 3.05) is 25.1 Å². The molecule has 1 N–H and O–H groups in total. The summed E-state index contributed by atoms with van der Waals surface area (Å²) in [5.41, 5.74) is 2.93. The van der Waals surface area contributed by atoms with Crippen LogP contribution in [0, 0.1) is 5.92 Å². The summed E-state index contributed by atoms with van der Waals surface area (Å²) in [7, 11) is 1.64. The van der Waals surface area contributed by atoms with Gasteiger partial charge in [-0.25, -0.2) is 9.97 Å². The first-order valence-corrected chi connectivity index (χ1v) is 10.3. The van der Waals surface area contributed by atoms with Gasteiger partial charge in [-0.15, -0.1) is 0 Å². The van der Waals surface area contributed by atoms with E-state index in [0.717, 1.165) is 47.8 Å². The quantitative estimate of drug-likeness (QED) is 0.681. The molecular formula is C24H26N4O2. The van der Waals surface area contributed by atoms with Crippen LogP contribution in [0.3, 0.4) is 0 Å².